The molecular formula is C8H13N. The molecule has 0 aliphatic heterocycles. The molecule has 50 valence electrons. The van der Waals surface area contributed by atoms with Gasteiger partial charge in [0, 0.05) is 6.04 Å². The molecule has 0 saturated heterocycles. The van der Waals surface area contributed by atoms with Gasteiger partial charge in [0.15, 0.2) is 0 Å². The first-order chi connectivity index (χ1) is 4.34. The van der Waals surface area contributed by atoms with Gasteiger partial charge in [-0.2, -0.15) is 0 Å². The van der Waals surface area contributed by atoms with Crippen LogP contribution in [0.4, 0.5) is 0 Å². The summed E-state index contributed by atoms with van der Waals surface area (Å²) in [5.74, 6) is 0. The molecule has 0 aromatic heterocycles. The molecule has 9 heavy (non-hydrogen) atoms. The van der Waals surface area contributed by atoms with Crippen LogP contribution in [0.15, 0.2) is 23.8 Å². The van der Waals surface area contributed by atoms with Crippen molar-refractivity contribution in [2.75, 3.05) is 7.05 Å². The fourth-order valence-electron chi connectivity index (χ4n) is 0.970. The lowest BCUT2D eigenvalue weighted by atomic mass is 10.1. The zero-order valence-electron chi connectivity index (χ0n) is 6.02. The quantitative estimate of drug-likeness (QED) is 0.586. The summed E-state index contributed by atoms with van der Waals surface area (Å²) in [6, 6.07) is 0.542. The summed E-state index contributed by atoms with van der Waals surface area (Å²) in [6.45, 7) is 2.18. The highest BCUT2D eigenvalue weighted by Crippen LogP contribution is 2.13. The highest BCUT2D eigenvalue weighted by atomic mass is 14.9. The number of rotatable bonds is 2. The maximum absolute atomic E-state index is 3.20. The van der Waals surface area contributed by atoms with Crippen LogP contribution in [0.3, 0.4) is 0 Å². The van der Waals surface area contributed by atoms with Crippen molar-refractivity contribution in [3.8, 4) is 0 Å². The van der Waals surface area contributed by atoms with Crippen LogP contribution in [0.5, 0.6) is 0 Å². The van der Waals surface area contributed by atoms with Gasteiger partial charge in [-0.3, -0.25) is 0 Å². The lowest BCUT2D eigenvalue weighted by molar-refractivity contribution is 0.683. The van der Waals surface area contributed by atoms with Gasteiger partial charge in [0.25, 0.3) is 0 Å². The van der Waals surface area contributed by atoms with E-state index < -0.39 is 0 Å². The van der Waals surface area contributed by atoms with Gasteiger partial charge in [0.05, 0.1) is 0 Å². The van der Waals surface area contributed by atoms with Crippen molar-refractivity contribution in [3.63, 3.8) is 0 Å². The van der Waals surface area contributed by atoms with E-state index in [0.717, 1.165) is 6.42 Å². The summed E-state index contributed by atoms with van der Waals surface area (Å²) in [5.41, 5.74) is 1.48. The van der Waals surface area contributed by atoms with Crippen LogP contribution in [0.1, 0.15) is 13.3 Å². The molecule has 1 aliphatic rings. The molecule has 1 N–H and O–H groups in total. The third-order valence-corrected chi connectivity index (χ3v) is 1.79. The van der Waals surface area contributed by atoms with Gasteiger partial charge in [-0.1, -0.05) is 18.2 Å². The van der Waals surface area contributed by atoms with E-state index in [1.807, 2.05) is 7.05 Å². The largest absolute Gasteiger partial charge is 0.314 e. The number of hydrogen-bond donors (Lipinski definition) is 1. The Hall–Kier alpha value is -0.560. The average Bonchev–Trinajstić information content (AvgIpc) is 2.37. The standard InChI is InChI=1S/C8H13N/c1-7(9-2)8-5-3-4-6-8/h3-5,7,9H,6H2,1-2H3. The van der Waals surface area contributed by atoms with E-state index in [1.54, 1.807) is 0 Å². The number of likely N-dealkylation sites (N-methyl/N-ethyl adjacent to an activating group) is 1. The maximum atomic E-state index is 3.20. The van der Waals surface area contributed by atoms with Crippen molar-refractivity contribution in [2.24, 2.45) is 0 Å². The topological polar surface area (TPSA) is 12.0 Å². The smallest absolute Gasteiger partial charge is 0.0254 e. The first-order valence-electron chi connectivity index (χ1n) is 3.37. The third-order valence-electron chi connectivity index (χ3n) is 1.79. The summed E-state index contributed by atoms with van der Waals surface area (Å²) in [5, 5.41) is 3.20. The lowest BCUT2D eigenvalue weighted by Crippen LogP contribution is -2.22. The van der Waals surface area contributed by atoms with Crippen molar-refractivity contribution in [3.05, 3.63) is 23.8 Å². The minimum absolute atomic E-state index is 0.542. The molecule has 0 bridgehead atoms. The van der Waals surface area contributed by atoms with Gasteiger partial charge in [-0.05, 0) is 26.0 Å². The van der Waals surface area contributed by atoms with Gasteiger partial charge in [0.1, 0.15) is 0 Å². The molecule has 0 fully saturated rings. The molecule has 0 heterocycles. The summed E-state index contributed by atoms with van der Waals surface area (Å²) in [4.78, 5) is 0. The highest BCUT2D eigenvalue weighted by Gasteiger charge is 2.05. The van der Waals surface area contributed by atoms with Crippen LogP contribution < -0.4 is 5.32 Å². The molecule has 0 spiro atoms. The molecule has 1 heteroatoms. The van der Waals surface area contributed by atoms with Crippen LogP contribution in [0.25, 0.3) is 0 Å². The summed E-state index contributed by atoms with van der Waals surface area (Å²) >= 11 is 0. The Morgan fingerprint density at radius 1 is 1.67 bits per heavy atom. The van der Waals surface area contributed by atoms with E-state index in [0.29, 0.717) is 6.04 Å². The molecule has 0 aromatic carbocycles. The predicted molar refractivity (Wildman–Crippen MR) is 40.4 cm³/mol. The second-order valence-electron chi connectivity index (χ2n) is 2.38. The minimum atomic E-state index is 0.542. The first kappa shape index (κ1) is 6.56. The van der Waals surface area contributed by atoms with Crippen LogP contribution in [0, 0.1) is 0 Å². The molecule has 1 atom stereocenters. The second kappa shape index (κ2) is 2.83. The SMILES string of the molecule is CNC(C)C1=CC=CC1. The molecule has 1 unspecified atom stereocenters. The number of nitrogens with one attached hydrogen (secondary N) is 1. The van der Waals surface area contributed by atoms with Crippen molar-refractivity contribution in [1.82, 2.24) is 5.32 Å². The number of allylic oxidation sites excluding steroid dienone is 3. The Kier molecular flexibility index (Phi) is 2.06. The van der Waals surface area contributed by atoms with Gasteiger partial charge >= 0.3 is 0 Å². The molecule has 1 nitrogen and oxygen atoms in total. The normalized spacial score (nSPS) is 20.0. The fourth-order valence-corrected chi connectivity index (χ4v) is 0.970. The first-order valence-corrected chi connectivity index (χ1v) is 3.37. The van der Waals surface area contributed by atoms with Crippen LogP contribution >= 0.6 is 0 Å². The average molecular weight is 123 g/mol. The van der Waals surface area contributed by atoms with Gasteiger partial charge in [-0.15, -0.1) is 0 Å². The summed E-state index contributed by atoms with van der Waals surface area (Å²) in [7, 11) is 1.99. The Bertz CT molecular complexity index is 145. The fraction of sp³-hybridized carbons (Fsp3) is 0.500. The Morgan fingerprint density at radius 3 is 2.89 bits per heavy atom. The van der Waals surface area contributed by atoms with Crippen LogP contribution in [-0.4, -0.2) is 13.1 Å². The molecule has 0 saturated carbocycles. The van der Waals surface area contributed by atoms with Crippen LogP contribution in [-0.2, 0) is 0 Å². The third kappa shape index (κ3) is 1.42. The second-order valence-corrected chi connectivity index (χ2v) is 2.38. The van der Waals surface area contributed by atoms with Gasteiger partial charge in [0.2, 0.25) is 0 Å². The van der Waals surface area contributed by atoms with E-state index in [1.165, 1.54) is 5.57 Å². The van der Waals surface area contributed by atoms with Crippen molar-refractivity contribution in [1.29, 1.82) is 0 Å². The van der Waals surface area contributed by atoms with Crippen LogP contribution in [0.2, 0.25) is 0 Å². The van der Waals surface area contributed by atoms with Crippen molar-refractivity contribution < 1.29 is 0 Å². The van der Waals surface area contributed by atoms with Crippen molar-refractivity contribution >= 4 is 0 Å². The molecule has 1 rings (SSSR count). The summed E-state index contributed by atoms with van der Waals surface area (Å²) in [6.07, 6.45) is 7.61. The van der Waals surface area contributed by atoms with Gasteiger partial charge in [-0.25, -0.2) is 0 Å². The van der Waals surface area contributed by atoms with Crippen molar-refractivity contribution in [2.45, 2.75) is 19.4 Å². The molecule has 1 aliphatic carbocycles. The zero-order valence-corrected chi connectivity index (χ0v) is 6.02. The number of hydrogen-bond acceptors (Lipinski definition) is 1. The van der Waals surface area contributed by atoms with E-state index in [4.69, 9.17) is 0 Å². The maximum Gasteiger partial charge on any atom is 0.0254 e. The molecule has 0 amide bonds. The Morgan fingerprint density at radius 2 is 2.44 bits per heavy atom. The monoisotopic (exact) mass is 123 g/mol. The minimum Gasteiger partial charge on any atom is -0.314 e. The van der Waals surface area contributed by atoms with Gasteiger partial charge < -0.3 is 5.32 Å². The van der Waals surface area contributed by atoms with E-state index >= 15 is 0 Å². The summed E-state index contributed by atoms with van der Waals surface area (Å²) < 4.78 is 0. The highest BCUT2D eigenvalue weighted by molar-refractivity contribution is 5.26. The predicted octanol–water partition coefficient (Wildman–Crippen LogP) is 1.48. The lowest BCUT2D eigenvalue weighted by Gasteiger charge is -2.09. The molecular weight excluding hydrogens is 110 g/mol. The van der Waals surface area contributed by atoms with E-state index in [2.05, 4.69) is 30.5 Å². The van der Waals surface area contributed by atoms with E-state index in [9.17, 15) is 0 Å². The molecule has 0 radical (unpaired) electrons. The van der Waals surface area contributed by atoms with E-state index in [-0.39, 0.29) is 0 Å². The Labute approximate surface area is 56.5 Å². The zero-order chi connectivity index (χ0) is 6.69. The Balaban J connectivity index is 2.45. The molecule has 0 aromatic rings.